The molecular formula is C21H24N2O6. The first-order valence-corrected chi connectivity index (χ1v) is 8.77. The van der Waals surface area contributed by atoms with Crippen molar-refractivity contribution in [3.8, 4) is 34.5 Å². The Labute approximate surface area is 169 Å². The summed E-state index contributed by atoms with van der Waals surface area (Å²) in [5, 5.41) is 0. The molecule has 0 atom stereocenters. The molecule has 8 heteroatoms. The van der Waals surface area contributed by atoms with Gasteiger partial charge in [-0.25, -0.2) is 4.98 Å². The maximum Gasteiger partial charge on any atom is 0.209 e. The zero-order valence-electron chi connectivity index (χ0n) is 17.3. The van der Waals surface area contributed by atoms with E-state index in [-0.39, 0.29) is 0 Å². The number of aromatic nitrogens is 2. The molecule has 0 radical (unpaired) electrons. The minimum absolute atomic E-state index is 0.418. The summed E-state index contributed by atoms with van der Waals surface area (Å²) in [5.41, 5.74) is 2.15. The highest BCUT2D eigenvalue weighted by Gasteiger charge is 2.25. The van der Waals surface area contributed by atoms with E-state index in [4.69, 9.17) is 28.4 Å². The minimum Gasteiger partial charge on any atom is -0.493 e. The molecule has 0 amide bonds. The van der Waals surface area contributed by atoms with Crippen LogP contribution in [0.25, 0.3) is 23.2 Å². The molecule has 0 spiro atoms. The van der Waals surface area contributed by atoms with Crippen molar-refractivity contribution in [2.75, 3.05) is 42.7 Å². The van der Waals surface area contributed by atoms with Crippen LogP contribution in [-0.4, -0.2) is 52.6 Å². The maximum atomic E-state index is 5.54. The van der Waals surface area contributed by atoms with Crippen molar-refractivity contribution in [2.45, 2.75) is 0 Å². The molecule has 0 aliphatic rings. The lowest BCUT2D eigenvalue weighted by molar-refractivity contribution is 0.309. The van der Waals surface area contributed by atoms with Gasteiger partial charge in [0, 0.05) is 0 Å². The number of rotatable bonds is 8. The Balaban J connectivity index is 2.09. The fourth-order valence-corrected chi connectivity index (χ4v) is 3.11. The van der Waals surface area contributed by atoms with Crippen LogP contribution < -0.4 is 28.4 Å². The average Bonchev–Trinajstić information content (AvgIpc) is 3.19. The van der Waals surface area contributed by atoms with Crippen LogP contribution in [0.15, 0.2) is 18.2 Å². The fourth-order valence-electron chi connectivity index (χ4n) is 3.11. The Morgan fingerprint density at radius 1 is 0.690 bits per heavy atom. The van der Waals surface area contributed by atoms with E-state index in [0.29, 0.717) is 51.4 Å². The van der Waals surface area contributed by atoms with E-state index < -0.39 is 0 Å². The van der Waals surface area contributed by atoms with Crippen LogP contribution in [0.1, 0.15) is 11.4 Å². The molecule has 0 saturated carbocycles. The molecule has 0 fully saturated rings. The molecule has 0 aliphatic heterocycles. The second-order valence-electron chi connectivity index (χ2n) is 5.93. The van der Waals surface area contributed by atoms with Gasteiger partial charge in [0.1, 0.15) is 16.9 Å². The fraction of sp³-hybridized carbons (Fsp3) is 0.286. The first kappa shape index (κ1) is 20.2. The Kier molecular flexibility index (Phi) is 6.01. The van der Waals surface area contributed by atoms with Crippen LogP contribution in [0.3, 0.4) is 0 Å². The maximum absolute atomic E-state index is 5.54. The summed E-state index contributed by atoms with van der Waals surface area (Å²) in [5.74, 6) is 3.72. The van der Waals surface area contributed by atoms with Crippen molar-refractivity contribution in [1.82, 2.24) is 9.97 Å². The molecule has 0 unspecified atom stereocenters. The van der Waals surface area contributed by atoms with Crippen molar-refractivity contribution < 1.29 is 28.4 Å². The molecule has 154 valence electrons. The zero-order chi connectivity index (χ0) is 21.0. The summed E-state index contributed by atoms with van der Waals surface area (Å²) in [4.78, 5) is 7.87. The van der Waals surface area contributed by atoms with Crippen molar-refractivity contribution in [3.05, 3.63) is 29.6 Å². The third-order valence-electron chi connectivity index (χ3n) is 4.44. The van der Waals surface area contributed by atoms with Crippen LogP contribution in [0, 0.1) is 0 Å². The van der Waals surface area contributed by atoms with Gasteiger partial charge < -0.3 is 33.4 Å². The second kappa shape index (κ2) is 8.64. The first-order valence-electron chi connectivity index (χ1n) is 8.77. The number of hydrogen-bond donors (Lipinski definition) is 1. The molecule has 1 heterocycles. The number of ether oxygens (including phenoxy) is 6. The van der Waals surface area contributed by atoms with Crippen molar-refractivity contribution >= 4 is 23.2 Å². The number of hydrogen-bond acceptors (Lipinski definition) is 7. The summed E-state index contributed by atoms with van der Waals surface area (Å²) in [7, 11) is 9.39. The van der Waals surface area contributed by atoms with Gasteiger partial charge in [0.2, 0.25) is 11.5 Å². The van der Waals surface area contributed by atoms with Crippen molar-refractivity contribution in [2.24, 2.45) is 0 Å². The molecule has 0 saturated heterocycles. The van der Waals surface area contributed by atoms with E-state index in [9.17, 15) is 0 Å². The van der Waals surface area contributed by atoms with Gasteiger partial charge in [0.15, 0.2) is 23.0 Å². The number of imidazole rings is 1. The van der Waals surface area contributed by atoms with E-state index in [2.05, 4.69) is 9.97 Å². The lowest BCUT2D eigenvalue weighted by Gasteiger charge is -2.15. The molecule has 3 aromatic rings. The third-order valence-corrected chi connectivity index (χ3v) is 4.44. The molecule has 0 aliphatic carbocycles. The summed E-state index contributed by atoms with van der Waals surface area (Å²) < 4.78 is 32.6. The van der Waals surface area contributed by atoms with Gasteiger partial charge in [-0.05, 0) is 23.8 Å². The third kappa shape index (κ3) is 3.61. The smallest absolute Gasteiger partial charge is 0.209 e. The lowest BCUT2D eigenvalue weighted by Crippen LogP contribution is -1.99. The predicted molar refractivity (Wildman–Crippen MR) is 111 cm³/mol. The zero-order valence-corrected chi connectivity index (χ0v) is 17.3. The largest absolute Gasteiger partial charge is 0.493 e. The molecule has 0 bridgehead atoms. The van der Waals surface area contributed by atoms with Gasteiger partial charge in [-0.15, -0.1) is 0 Å². The predicted octanol–water partition coefficient (Wildman–Crippen LogP) is 3.78. The number of aromatic amines is 1. The Bertz CT molecular complexity index is 993. The van der Waals surface area contributed by atoms with Gasteiger partial charge in [0.25, 0.3) is 0 Å². The van der Waals surface area contributed by atoms with Gasteiger partial charge in [-0.2, -0.15) is 0 Å². The second-order valence-corrected chi connectivity index (χ2v) is 5.93. The number of H-pyrrole nitrogens is 1. The highest BCUT2D eigenvalue weighted by atomic mass is 16.5. The molecular weight excluding hydrogens is 376 g/mol. The van der Waals surface area contributed by atoms with Crippen molar-refractivity contribution in [3.63, 3.8) is 0 Å². The first-order chi connectivity index (χ1) is 14.1. The highest BCUT2D eigenvalue weighted by Crippen LogP contribution is 2.50. The topological polar surface area (TPSA) is 84.1 Å². The summed E-state index contributed by atoms with van der Waals surface area (Å²) in [6.07, 6.45) is 3.76. The molecule has 8 nitrogen and oxygen atoms in total. The van der Waals surface area contributed by atoms with Gasteiger partial charge >= 0.3 is 0 Å². The molecule has 3 rings (SSSR count). The SMILES string of the molecule is COc1ccc(C=Cc2nc3c(OC)c(OC)c(OC)c(OC)c3[nH]2)cc1OC. The summed E-state index contributed by atoms with van der Waals surface area (Å²) >= 11 is 0. The van der Waals surface area contributed by atoms with E-state index in [1.54, 1.807) is 35.5 Å². The molecule has 29 heavy (non-hydrogen) atoms. The number of fused-ring (bicyclic) bond motifs is 1. The van der Waals surface area contributed by atoms with Crippen LogP contribution in [0.4, 0.5) is 0 Å². The van der Waals surface area contributed by atoms with Gasteiger partial charge in [-0.3, -0.25) is 0 Å². The Morgan fingerprint density at radius 2 is 1.31 bits per heavy atom. The Hall–Kier alpha value is -3.55. The normalized spacial score (nSPS) is 11.0. The lowest BCUT2D eigenvalue weighted by atomic mass is 10.2. The Morgan fingerprint density at radius 3 is 1.90 bits per heavy atom. The minimum atomic E-state index is 0.418. The van der Waals surface area contributed by atoms with Crippen LogP contribution >= 0.6 is 0 Å². The molecule has 1 aromatic heterocycles. The van der Waals surface area contributed by atoms with Crippen molar-refractivity contribution in [1.29, 1.82) is 0 Å². The average molecular weight is 400 g/mol. The summed E-state index contributed by atoms with van der Waals surface area (Å²) in [6, 6.07) is 5.65. The van der Waals surface area contributed by atoms with Gasteiger partial charge in [-0.1, -0.05) is 12.1 Å². The van der Waals surface area contributed by atoms with E-state index >= 15 is 0 Å². The number of nitrogens with zero attached hydrogens (tertiary/aromatic N) is 1. The van der Waals surface area contributed by atoms with Crippen LogP contribution in [0.5, 0.6) is 34.5 Å². The van der Waals surface area contributed by atoms with Crippen LogP contribution in [-0.2, 0) is 0 Å². The number of nitrogens with one attached hydrogen (secondary N) is 1. The van der Waals surface area contributed by atoms with Crippen LogP contribution in [0.2, 0.25) is 0 Å². The summed E-state index contributed by atoms with van der Waals surface area (Å²) in [6.45, 7) is 0. The quantitative estimate of drug-likeness (QED) is 0.616. The van der Waals surface area contributed by atoms with E-state index in [1.165, 1.54) is 7.11 Å². The standard InChI is InChI=1S/C21H24N2O6/c1-24-13-9-7-12(11-14(13)25-2)8-10-15-22-16-17(23-15)19(27-4)21(29-6)20(28-5)18(16)26-3/h7-11H,1-6H3,(H,22,23). The highest BCUT2D eigenvalue weighted by molar-refractivity contribution is 5.95. The van der Waals surface area contributed by atoms with E-state index in [0.717, 1.165) is 5.56 Å². The molecule has 2 aromatic carbocycles. The number of benzene rings is 2. The number of methoxy groups -OCH3 is 6. The van der Waals surface area contributed by atoms with E-state index in [1.807, 2.05) is 30.4 Å². The van der Waals surface area contributed by atoms with Gasteiger partial charge in [0.05, 0.1) is 42.7 Å². The monoisotopic (exact) mass is 400 g/mol. The molecule has 1 N–H and O–H groups in total.